The number of allylic oxidation sites excluding steroid dienone is 2. The van der Waals surface area contributed by atoms with Gasteiger partial charge in [-0.15, -0.1) is 11.8 Å². The standard InChI is InChI=1S/C11H16N4S.C4H4O4/c1-2-10-11(16-7-1)8-13-9-15(10)14-5-3-12-4-6-14;5-3(6)1-2-4(7)8/h1-2,8,12H,3-7,9H2;1-2H,(H,5,6)(H,7,8)/b;2-1-. The van der Waals surface area contributed by atoms with Crippen LogP contribution in [-0.4, -0.2) is 77.0 Å². The Balaban J connectivity index is 0.000000224. The zero-order chi connectivity index (χ0) is 17.4. The van der Waals surface area contributed by atoms with Gasteiger partial charge in [-0.05, 0) is 6.08 Å². The third-order valence-electron chi connectivity index (χ3n) is 3.37. The van der Waals surface area contributed by atoms with Crippen LogP contribution in [0.5, 0.6) is 0 Å². The first-order chi connectivity index (χ1) is 11.6. The van der Waals surface area contributed by atoms with Gasteiger partial charge in [0.05, 0.1) is 10.6 Å². The number of aliphatic carboxylic acids is 2. The molecule has 3 N–H and O–H groups in total. The molecule has 1 fully saturated rings. The molecule has 0 aromatic heterocycles. The van der Waals surface area contributed by atoms with Gasteiger partial charge in [-0.1, -0.05) is 6.08 Å². The number of carbonyl (C=O) groups is 2. The molecule has 0 aromatic carbocycles. The molecule has 0 spiro atoms. The summed E-state index contributed by atoms with van der Waals surface area (Å²) in [6, 6.07) is 0. The third-order valence-corrected chi connectivity index (χ3v) is 4.35. The predicted molar refractivity (Wildman–Crippen MR) is 92.7 cm³/mol. The number of aliphatic imine (C=N–C) groups is 1. The Bertz CT molecular complexity index is 578. The van der Waals surface area contributed by atoms with Crippen LogP contribution in [0, 0.1) is 0 Å². The Morgan fingerprint density at radius 3 is 2.50 bits per heavy atom. The van der Waals surface area contributed by atoms with E-state index in [1.54, 1.807) is 0 Å². The van der Waals surface area contributed by atoms with Crippen LogP contribution in [0.1, 0.15) is 0 Å². The van der Waals surface area contributed by atoms with Crippen LogP contribution >= 0.6 is 11.8 Å². The number of hydrazine groups is 1. The largest absolute Gasteiger partial charge is 0.478 e. The highest BCUT2D eigenvalue weighted by Gasteiger charge is 2.24. The van der Waals surface area contributed by atoms with Crippen LogP contribution < -0.4 is 5.32 Å². The molecular weight excluding hydrogens is 332 g/mol. The van der Waals surface area contributed by atoms with Crippen molar-refractivity contribution in [3.63, 3.8) is 0 Å². The molecule has 0 atom stereocenters. The maximum Gasteiger partial charge on any atom is 0.328 e. The van der Waals surface area contributed by atoms with E-state index in [9.17, 15) is 9.59 Å². The summed E-state index contributed by atoms with van der Waals surface area (Å²) in [5.41, 5.74) is 1.33. The fourth-order valence-corrected chi connectivity index (χ4v) is 3.17. The highest BCUT2D eigenvalue weighted by molar-refractivity contribution is 8.04. The zero-order valence-corrected chi connectivity index (χ0v) is 13.9. The van der Waals surface area contributed by atoms with E-state index in [-0.39, 0.29) is 0 Å². The Hall–Kier alpha value is -2.10. The highest BCUT2D eigenvalue weighted by atomic mass is 32.2. The molecule has 3 rings (SSSR count). The lowest BCUT2D eigenvalue weighted by Gasteiger charge is -2.41. The van der Waals surface area contributed by atoms with Crippen LogP contribution in [0.15, 0.2) is 39.9 Å². The van der Waals surface area contributed by atoms with Crippen molar-refractivity contribution in [1.82, 2.24) is 15.3 Å². The van der Waals surface area contributed by atoms with E-state index in [2.05, 4.69) is 32.5 Å². The minimum atomic E-state index is -1.26. The van der Waals surface area contributed by atoms with E-state index in [0.717, 1.165) is 38.6 Å². The first-order valence-corrected chi connectivity index (χ1v) is 8.47. The van der Waals surface area contributed by atoms with Gasteiger partial charge >= 0.3 is 11.9 Å². The highest BCUT2D eigenvalue weighted by Crippen LogP contribution is 2.29. The van der Waals surface area contributed by atoms with Crippen molar-refractivity contribution in [3.8, 4) is 0 Å². The molecule has 0 radical (unpaired) electrons. The maximum absolute atomic E-state index is 9.55. The molecule has 0 bridgehead atoms. The van der Waals surface area contributed by atoms with Crippen molar-refractivity contribution >= 4 is 29.9 Å². The number of carboxylic acids is 2. The fourth-order valence-electron chi connectivity index (χ4n) is 2.33. The molecule has 0 unspecified atom stereocenters. The maximum atomic E-state index is 9.55. The van der Waals surface area contributed by atoms with Crippen LogP contribution in [0.4, 0.5) is 0 Å². The number of rotatable bonds is 3. The predicted octanol–water partition coefficient (Wildman–Crippen LogP) is 0.377. The molecule has 130 valence electrons. The minimum absolute atomic E-state index is 0.558. The topological polar surface area (TPSA) is 105 Å². The molecule has 0 aromatic rings. The quantitative estimate of drug-likeness (QED) is 0.626. The Kier molecular flexibility index (Phi) is 7.04. The van der Waals surface area contributed by atoms with Gasteiger partial charge < -0.3 is 15.5 Å². The van der Waals surface area contributed by atoms with Gasteiger partial charge in [0.15, 0.2) is 0 Å². The summed E-state index contributed by atoms with van der Waals surface area (Å²) < 4.78 is 0. The first kappa shape index (κ1) is 18.2. The summed E-state index contributed by atoms with van der Waals surface area (Å²) in [5, 5.41) is 23.7. The van der Waals surface area contributed by atoms with E-state index in [4.69, 9.17) is 10.2 Å². The first-order valence-electron chi connectivity index (χ1n) is 7.48. The molecule has 1 saturated heterocycles. The van der Waals surface area contributed by atoms with E-state index in [1.807, 2.05) is 18.0 Å². The lowest BCUT2D eigenvalue weighted by atomic mass is 10.3. The van der Waals surface area contributed by atoms with Crippen molar-refractivity contribution in [1.29, 1.82) is 0 Å². The van der Waals surface area contributed by atoms with Crippen molar-refractivity contribution < 1.29 is 19.8 Å². The molecule has 0 saturated carbocycles. The number of thioether (sulfide) groups is 1. The van der Waals surface area contributed by atoms with Crippen LogP contribution in [0.3, 0.4) is 0 Å². The molecule has 3 aliphatic rings. The van der Waals surface area contributed by atoms with Crippen LogP contribution in [-0.2, 0) is 9.59 Å². The molecule has 3 aliphatic heterocycles. The summed E-state index contributed by atoms with van der Waals surface area (Å²) >= 11 is 1.87. The second-order valence-corrected chi connectivity index (χ2v) is 6.09. The van der Waals surface area contributed by atoms with Crippen molar-refractivity contribution in [2.75, 3.05) is 38.6 Å². The van der Waals surface area contributed by atoms with Gasteiger partial charge in [-0.2, -0.15) is 0 Å². The van der Waals surface area contributed by atoms with Crippen molar-refractivity contribution in [3.05, 3.63) is 34.9 Å². The summed E-state index contributed by atoms with van der Waals surface area (Å²) in [6.45, 7) is 5.05. The smallest absolute Gasteiger partial charge is 0.328 e. The number of piperazine rings is 1. The number of nitrogens with one attached hydrogen (secondary N) is 1. The third kappa shape index (κ3) is 5.52. The summed E-state index contributed by atoms with van der Waals surface area (Å²) in [7, 11) is 0. The van der Waals surface area contributed by atoms with E-state index in [1.165, 1.54) is 10.6 Å². The average molecular weight is 352 g/mol. The molecule has 8 nitrogen and oxygen atoms in total. The van der Waals surface area contributed by atoms with Crippen molar-refractivity contribution in [2.24, 2.45) is 4.99 Å². The molecule has 9 heteroatoms. The lowest BCUT2D eigenvalue weighted by molar-refractivity contribution is -0.134. The second-order valence-electron chi connectivity index (χ2n) is 5.03. The number of hydrogen-bond donors (Lipinski definition) is 3. The Morgan fingerprint density at radius 2 is 1.88 bits per heavy atom. The van der Waals surface area contributed by atoms with Gasteiger partial charge in [-0.3, -0.25) is 10.0 Å². The molecule has 3 heterocycles. The number of nitrogens with zero attached hydrogens (tertiary/aromatic N) is 3. The van der Waals surface area contributed by atoms with Gasteiger partial charge in [0.1, 0.15) is 6.67 Å². The Labute approximate surface area is 144 Å². The van der Waals surface area contributed by atoms with E-state index in [0.29, 0.717) is 12.2 Å². The van der Waals surface area contributed by atoms with Crippen molar-refractivity contribution in [2.45, 2.75) is 0 Å². The average Bonchev–Trinajstić information content (AvgIpc) is 2.61. The molecule has 24 heavy (non-hydrogen) atoms. The molecular formula is C15H20N4O4S. The van der Waals surface area contributed by atoms with Gasteiger partial charge in [0.2, 0.25) is 0 Å². The van der Waals surface area contributed by atoms with Gasteiger partial charge in [0, 0.05) is 50.3 Å². The van der Waals surface area contributed by atoms with Gasteiger partial charge in [-0.25, -0.2) is 14.6 Å². The SMILES string of the molecule is C1=CC2=C(C=NCN2N2CCNCC2)SC1.O=C(O)/C=C\C(=O)O. The molecule has 0 aliphatic carbocycles. The van der Waals surface area contributed by atoms with Crippen LogP contribution in [0.2, 0.25) is 0 Å². The zero-order valence-electron chi connectivity index (χ0n) is 13.1. The lowest BCUT2D eigenvalue weighted by Crippen LogP contribution is -2.52. The Morgan fingerprint density at radius 1 is 1.21 bits per heavy atom. The second kappa shape index (κ2) is 9.26. The summed E-state index contributed by atoms with van der Waals surface area (Å²) in [6.07, 6.45) is 7.60. The summed E-state index contributed by atoms with van der Waals surface area (Å²) in [5.74, 6) is -1.44. The monoisotopic (exact) mass is 352 g/mol. The van der Waals surface area contributed by atoms with E-state index >= 15 is 0 Å². The fraction of sp³-hybridized carbons (Fsp3) is 0.400. The van der Waals surface area contributed by atoms with E-state index < -0.39 is 11.9 Å². The molecule has 0 amide bonds. The number of hydrogen-bond acceptors (Lipinski definition) is 7. The van der Waals surface area contributed by atoms with Gasteiger partial charge in [0.25, 0.3) is 0 Å². The van der Waals surface area contributed by atoms with Crippen LogP contribution in [0.25, 0.3) is 0 Å². The minimum Gasteiger partial charge on any atom is -0.478 e. The number of carboxylic acid groups (broad SMARTS) is 2. The normalized spacial score (nSPS) is 20.6. The summed E-state index contributed by atoms with van der Waals surface area (Å²) in [4.78, 5) is 24.9.